The molecule has 0 unspecified atom stereocenters. The second-order valence-corrected chi connectivity index (χ2v) is 4.31. The van der Waals surface area contributed by atoms with Crippen LogP contribution in [0.1, 0.15) is 22.3 Å². The highest BCUT2D eigenvalue weighted by Crippen LogP contribution is 2.19. The molecule has 0 aliphatic rings. The molecule has 0 bridgehead atoms. The molecule has 2 rings (SSSR count). The molecule has 2 aromatic carbocycles. The number of nitrogens with zero attached hydrogens (tertiary/aromatic N) is 1. The van der Waals surface area contributed by atoms with Gasteiger partial charge in [0.15, 0.2) is 0 Å². The SMILES string of the molecule is Cc1cc(C#N)ccc1COc1ccccc1C. The summed E-state index contributed by atoms with van der Waals surface area (Å²) >= 11 is 0. The van der Waals surface area contributed by atoms with E-state index in [4.69, 9.17) is 10.00 Å². The van der Waals surface area contributed by atoms with Crippen LogP contribution < -0.4 is 4.74 Å². The molecule has 0 aromatic heterocycles. The molecular weight excluding hydrogens is 222 g/mol. The lowest BCUT2D eigenvalue weighted by molar-refractivity contribution is 0.303. The summed E-state index contributed by atoms with van der Waals surface area (Å²) in [5, 5.41) is 8.82. The highest BCUT2D eigenvalue weighted by Gasteiger charge is 2.02. The summed E-state index contributed by atoms with van der Waals surface area (Å²) in [4.78, 5) is 0. The largest absolute Gasteiger partial charge is 0.489 e. The highest BCUT2D eigenvalue weighted by atomic mass is 16.5. The molecule has 0 amide bonds. The smallest absolute Gasteiger partial charge is 0.122 e. The van der Waals surface area contributed by atoms with Crippen LogP contribution in [-0.4, -0.2) is 0 Å². The zero-order valence-corrected chi connectivity index (χ0v) is 10.6. The molecule has 0 saturated heterocycles. The van der Waals surface area contributed by atoms with Crippen molar-refractivity contribution < 1.29 is 4.74 Å². The topological polar surface area (TPSA) is 33.0 Å². The minimum absolute atomic E-state index is 0.530. The Balaban J connectivity index is 2.12. The van der Waals surface area contributed by atoms with Crippen LogP contribution >= 0.6 is 0 Å². The number of para-hydroxylation sites is 1. The maximum Gasteiger partial charge on any atom is 0.122 e. The van der Waals surface area contributed by atoms with Gasteiger partial charge in [0, 0.05) is 0 Å². The fourth-order valence-electron chi connectivity index (χ4n) is 1.80. The number of hydrogen-bond acceptors (Lipinski definition) is 2. The van der Waals surface area contributed by atoms with E-state index in [-0.39, 0.29) is 0 Å². The van der Waals surface area contributed by atoms with E-state index in [2.05, 4.69) is 6.07 Å². The highest BCUT2D eigenvalue weighted by molar-refractivity contribution is 5.38. The lowest BCUT2D eigenvalue weighted by Gasteiger charge is -2.10. The summed E-state index contributed by atoms with van der Waals surface area (Å²) < 4.78 is 5.79. The maximum absolute atomic E-state index is 8.82. The molecular formula is C16H15NO. The van der Waals surface area contributed by atoms with Gasteiger partial charge in [0.25, 0.3) is 0 Å². The van der Waals surface area contributed by atoms with Gasteiger partial charge in [0.2, 0.25) is 0 Å². The lowest BCUT2D eigenvalue weighted by Crippen LogP contribution is -1.99. The van der Waals surface area contributed by atoms with Crippen LogP contribution in [0.4, 0.5) is 0 Å². The van der Waals surface area contributed by atoms with Crippen molar-refractivity contribution >= 4 is 0 Å². The fourth-order valence-corrected chi connectivity index (χ4v) is 1.80. The zero-order valence-electron chi connectivity index (χ0n) is 10.6. The predicted octanol–water partition coefficient (Wildman–Crippen LogP) is 3.75. The van der Waals surface area contributed by atoms with Gasteiger partial charge in [-0.3, -0.25) is 0 Å². The van der Waals surface area contributed by atoms with Gasteiger partial charge in [0.1, 0.15) is 12.4 Å². The molecule has 0 radical (unpaired) electrons. The van der Waals surface area contributed by atoms with Crippen molar-refractivity contribution in [3.63, 3.8) is 0 Å². The van der Waals surface area contributed by atoms with Crippen molar-refractivity contribution in [1.29, 1.82) is 5.26 Å². The van der Waals surface area contributed by atoms with Crippen molar-refractivity contribution in [3.05, 3.63) is 64.7 Å². The van der Waals surface area contributed by atoms with Crippen molar-refractivity contribution in [2.24, 2.45) is 0 Å². The Hall–Kier alpha value is -2.27. The van der Waals surface area contributed by atoms with E-state index < -0.39 is 0 Å². The predicted molar refractivity (Wildman–Crippen MR) is 71.4 cm³/mol. The molecule has 0 aliphatic carbocycles. The van der Waals surface area contributed by atoms with Gasteiger partial charge in [-0.1, -0.05) is 24.3 Å². The molecule has 0 heterocycles. The summed E-state index contributed by atoms with van der Waals surface area (Å²) in [5.74, 6) is 0.904. The van der Waals surface area contributed by atoms with Gasteiger partial charge >= 0.3 is 0 Å². The molecule has 0 fully saturated rings. The average molecular weight is 237 g/mol. The van der Waals surface area contributed by atoms with E-state index in [1.165, 1.54) is 0 Å². The molecule has 90 valence electrons. The van der Waals surface area contributed by atoms with Crippen LogP contribution in [0.3, 0.4) is 0 Å². The number of aryl methyl sites for hydroxylation is 2. The Bertz CT molecular complexity index is 596. The minimum atomic E-state index is 0.530. The first-order valence-corrected chi connectivity index (χ1v) is 5.89. The Morgan fingerprint density at radius 1 is 1.06 bits per heavy atom. The lowest BCUT2D eigenvalue weighted by atomic mass is 10.1. The van der Waals surface area contributed by atoms with E-state index in [1.807, 2.05) is 56.3 Å². The molecule has 0 aliphatic heterocycles. The molecule has 0 saturated carbocycles. The molecule has 0 N–H and O–H groups in total. The van der Waals surface area contributed by atoms with Crippen molar-refractivity contribution in [2.45, 2.75) is 20.5 Å². The third kappa shape index (κ3) is 2.70. The Morgan fingerprint density at radius 2 is 1.83 bits per heavy atom. The average Bonchev–Trinajstić information content (AvgIpc) is 2.39. The normalized spacial score (nSPS) is 9.83. The molecule has 0 atom stereocenters. The third-order valence-corrected chi connectivity index (χ3v) is 2.95. The minimum Gasteiger partial charge on any atom is -0.489 e. The summed E-state index contributed by atoms with van der Waals surface area (Å²) in [7, 11) is 0. The van der Waals surface area contributed by atoms with Crippen LogP contribution in [0.15, 0.2) is 42.5 Å². The first kappa shape index (κ1) is 12.2. The van der Waals surface area contributed by atoms with Crippen molar-refractivity contribution in [1.82, 2.24) is 0 Å². The number of hydrogen-bond donors (Lipinski definition) is 0. The van der Waals surface area contributed by atoms with Gasteiger partial charge in [-0.2, -0.15) is 5.26 Å². The van der Waals surface area contributed by atoms with Crippen molar-refractivity contribution in [2.75, 3.05) is 0 Å². The number of rotatable bonds is 3. The molecule has 2 aromatic rings. The van der Waals surface area contributed by atoms with E-state index in [0.717, 1.165) is 22.4 Å². The Kier molecular flexibility index (Phi) is 3.64. The van der Waals surface area contributed by atoms with Crippen LogP contribution in [0.25, 0.3) is 0 Å². The van der Waals surface area contributed by atoms with Gasteiger partial charge in [-0.05, 0) is 48.7 Å². The second-order valence-electron chi connectivity index (χ2n) is 4.31. The van der Waals surface area contributed by atoms with Gasteiger partial charge in [0.05, 0.1) is 11.6 Å². The fraction of sp³-hybridized carbons (Fsp3) is 0.188. The summed E-state index contributed by atoms with van der Waals surface area (Å²) in [6.07, 6.45) is 0. The third-order valence-electron chi connectivity index (χ3n) is 2.95. The maximum atomic E-state index is 8.82. The number of nitriles is 1. The quantitative estimate of drug-likeness (QED) is 0.814. The molecule has 2 nitrogen and oxygen atoms in total. The van der Waals surface area contributed by atoms with Crippen LogP contribution in [0.5, 0.6) is 5.75 Å². The number of benzene rings is 2. The summed E-state index contributed by atoms with van der Waals surface area (Å²) in [6.45, 7) is 4.56. The van der Waals surface area contributed by atoms with Crippen molar-refractivity contribution in [3.8, 4) is 11.8 Å². The molecule has 18 heavy (non-hydrogen) atoms. The van der Waals surface area contributed by atoms with E-state index in [9.17, 15) is 0 Å². The first-order valence-electron chi connectivity index (χ1n) is 5.89. The summed E-state index contributed by atoms with van der Waals surface area (Å²) in [6, 6.07) is 15.8. The standard InChI is InChI=1S/C16H15NO/c1-12-5-3-4-6-16(12)18-11-15-8-7-14(10-17)9-13(15)2/h3-9H,11H2,1-2H3. The van der Waals surface area contributed by atoms with Crippen LogP contribution in [0, 0.1) is 25.2 Å². The van der Waals surface area contributed by atoms with Crippen LogP contribution in [-0.2, 0) is 6.61 Å². The second kappa shape index (κ2) is 5.37. The monoisotopic (exact) mass is 237 g/mol. The first-order chi connectivity index (χ1) is 8.70. The Morgan fingerprint density at radius 3 is 2.50 bits per heavy atom. The van der Waals surface area contributed by atoms with Gasteiger partial charge in [-0.15, -0.1) is 0 Å². The number of ether oxygens (including phenoxy) is 1. The molecule has 2 heteroatoms. The van der Waals surface area contributed by atoms with Gasteiger partial charge < -0.3 is 4.74 Å². The summed E-state index contributed by atoms with van der Waals surface area (Å²) in [5.41, 5.74) is 4.01. The Labute approximate surface area is 107 Å². The van der Waals surface area contributed by atoms with E-state index >= 15 is 0 Å². The van der Waals surface area contributed by atoms with Crippen LogP contribution in [0.2, 0.25) is 0 Å². The van der Waals surface area contributed by atoms with E-state index in [0.29, 0.717) is 12.2 Å². The van der Waals surface area contributed by atoms with E-state index in [1.54, 1.807) is 0 Å². The molecule has 0 spiro atoms. The van der Waals surface area contributed by atoms with Gasteiger partial charge in [-0.25, -0.2) is 0 Å². The zero-order chi connectivity index (χ0) is 13.0.